The Hall–Kier alpha value is -1.53. The van der Waals surface area contributed by atoms with E-state index in [0.717, 1.165) is 5.56 Å². The van der Waals surface area contributed by atoms with Crippen LogP contribution in [0.25, 0.3) is 17.0 Å². The fourth-order valence-corrected chi connectivity index (χ4v) is 2.19. The second-order valence-electron chi connectivity index (χ2n) is 3.56. The van der Waals surface area contributed by atoms with Crippen LogP contribution in [0.4, 0.5) is 4.39 Å². The molecule has 0 atom stereocenters. The Balaban J connectivity index is 2.25. The Morgan fingerprint density at radius 2 is 2.11 bits per heavy atom. The van der Waals surface area contributed by atoms with E-state index in [4.69, 9.17) is 11.6 Å². The lowest BCUT2D eigenvalue weighted by Crippen LogP contribution is -1.91. The van der Waals surface area contributed by atoms with E-state index in [0.29, 0.717) is 15.9 Å². The van der Waals surface area contributed by atoms with Crippen molar-refractivity contribution in [2.75, 3.05) is 0 Å². The lowest BCUT2D eigenvalue weighted by Gasteiger charge is -2.01. The van der Waals surface area contributed by atoms with E-state index in [1.165, 1.54) is 6.07 Å². The Bertz CT molecular complexity index is 743. The van der Waals surface area contributed by atoms with Crippen LogP contribution in [0.3, 0.4) is 0 Å². The number of halogens is 3. The van der Waals surface area contributed by atoms with E-state index in [-0.39, 0.29) is 11.0 Å². The van der Waals surface area contributed by atoms with Crippen LogP contribution < -0.4 is 0 Å². The van der Waals surface area contributed by atoms with Gasteiger partial charge in [-0.05, 0) is 34.1 Å². The third-order valence-electron chi connectivity index (χ3n) is 2.46. The molecule has 0 unspecified atom stereocenters. The molecule has 0 fully saturated rings. The normalized spacial score (nSPS) is 11.1. The van der Waals surface area contributed by atoms with Gasteiger partial charge in [-0.25, -0.2) is 9.37 Å². The first-order valence-corrected chi connectivity index (χ1v) is 6.14. The highest BCUT2D eigenvalue weighted by Gasteiger charge is 2.12. The van der Waals surface area contributed by atoms with E-state index in [9.17, 15) is 4.39 Å². The minimum absolute atomic E-state index is 0.275. The van der Waals surface area contributed by atoms with E-state index in [2.05, 4.69) is 31.1 Å². The van der Waals surface area contributed by atoms with Gasteiger partial charge in [-0.1, -0.05) is 11.6 Å². The van der Waals surface area contributed by atoms with Gasteiger partial charge < -0.3 is 0 Å². The first-order valence-electron chi connectivity index (χ1n) is 4.97. The zero-order valence-corrected chi connectivity index (χ0v) is 11.2. The summed E-state index contributed by atoms with van der Waals surface area (Å²) in [6, 6.07) is 4.63. The summed E-state index contributed by atoms with van der Waals surface area (Å²) >= 11 is 9.05. The van der Waals surface area contributed by atoms with Gasteiger partial charge in [0, 0.05) is 18.0 Å². The number of hydrogen-bond acceptors (Lipinski definition) is 3. The van der Waals surface area contributed by atoms with Crippen molar-refractivity contribution in [1.82, 2.24) is 19.6 Å². The van der Waals surface area contributed by atoms with Crippen molar-refractivity contribution in [2.45, 2.75) is 0 Å². The van der Waals surface area contributed by atoms with E-state index >= 15 is 0 Å². The fraction of sp³-hybridized carbons (Fsp3) is 0. The summed E-state index contributed by atoms with van der Waals surface area (Å²) in [7, 11) is 0. The van der Waals surface area contributed by atoms with Gasteiger partial charge in [-0.2, -0.15) is 0 Å². The van der Waals surface area contributed by atoms with Crippen molar-refractivity contribution in [3.8, 4) is 11.4 Å². The van der Waals surface area contributed by atoms with Gasteiger partial charge in [0.05, 0.1) is 4.47 Å². The van der Waals surface area contributed by atoms with E-state index in [1.807, 2.05) is 0 Å². The summed E-state index contributed by atoms with van der Waals surface area (Å²) in [6.45, 7) is 0. The van der Waals surface area contributed by atoms with Gasteiger partial charge in [0.2, 0.25) is 0 Å². The van der Waals surface area contributed by atoms with Gasteiger partial charge in [0.1, 0.15) is 5.82 Å². The van der Waals surface area contributed by atoms with Gasteiger partial charge in [-0.15, -0.1) is 10.2 Å². The van der Waals surface area contributed by atoms with Crippen molar-refractivity contribution in [3.05, 3.63) is 46.0 Å². The molecule has 0 bridgehead atoms. The molecule has 2 aromatic heterocycles. The minimum atomic E-state index is -0.327. The summed E-state index contributed by atoms with van der Waals surface area (Å²) in [4.78, 5) is 3.92. The highest BCUT2D eigenvalue weighted by Crippen LogP contribution is 2.25. The summed E-state index contributed by atoms with van der Waals surface area (Å²) in [5.74, 6) is 0.252. The van der Waals surface area contributed by atoms with Crippen molar-refractivity contribution in [3.63, 3.8) is 0 Å². The number of benzene rings is 1. The number of hydrogen-bond donors (Lipinski definition) is 0. The van der Waals surface area contributed by atoms with Gasteiger partial charge >= 0.3 is 0 Å². The molecule has 18 heavy (non-hydrogen) atoms. The first kappa shape index (κ1) is 11.6. The van der Waals surface area contributed by atoms with Crippen LogP contribution in [0.15, 0.2) is 35.1 Å². The summed E-state index contributed by atoms with van der Waals surface area (Å²) in [5, 5.41) is 8.27. The quantitative estimate of drug-likeness (QED) is 0.688. The topological polar surface area (TPSA) is 43.1 Å². The number of rotatable bonds is 1. The highest BCUT2D eigenvalue weighted by atomic mass is 79.9. The maximum Gasteiger partial charge on any atom is 0.198 e. The summed E-state index contributed by atoms with van der Waals surface area (Å²) in [6.07, 6.45) is 3.26. The first-order chi connectivity index (χ1) is 8.66. The average Bonchev–Trinajstić information content (AvgIpc) is 2.78. The summed E-state index contributed by atoms with van der Waals surface area (Å²) in [5.41, 5.74) is 1.20. The van der Waals surface area contributed by atoms with Gasteiger partial charge in [0.25, 0.3) is 0 Å². The van der Waals surface area contributed by atoms with Gasteiger partial charge in [0.15, 0.2) is 16.6 Å². The van der Waals surface area contributed by atoms with Crippen LogP contribution in [0.5, 0.6) is 0 Å². The Labute approximate surface area is 115 Å². The molecule has 4 nitrogen and oxygen atoms in total. The number of fused-ring (bicyclic) bond motifs is 1. The lowest BCUT2D eigenvalue weighted by atomic mass is 10.2. The molecule has 0 amide bonds. The van der Waals surface area contributed by atoms with Crippen LogP contribution in [0.1, 0.15) is 0 Å². The summed E-state index contributed by atoms with van der Waals surface area (Å²) < 4.78 is 15.3. The van der Waals surface area contributed by atoms with Crippen molar-refractivity contribution < 1.29 is 4.39 Å². The number of aromatic nitrogens is 4. The minimum Gasteiger partial charge on any atom is -0.278 e. The molecule has 0 saturated carbocycles. The molecule has 1 aromatic carbocycles. The molecule has 90 valence electrons. The van der Waals surface area contributed by atoms with Crippen molar-refractivity contribution >= 4 is 33.2 Å². The highest BCUT2D eigenvalue weighted by molar-refractivity contribution is 9.10. The van der Waals surface area contributed by atoms with Crippen molar-refractivity contribution in [1.29, 1.82) is 0 Å². The van der Waals surface area contributed by atoms with E-state index < -0.39 is 0 Å². The molecule has 0 saturated heterocycles. The van der Waals surface area contributed by atoms with E-state index in [1.54, 1.807) is 28.9 Å². The van der Waals surface area contributed by atoms with Crippen LogP contribution in [-0.2, 0) is 0 Å². The molecule has 0 N–H and O–H groups in total. The molecular formula is C11H5BrClFN4. The SMILES string of the molecule is Fc1ccc(-c2nnc3c(Cl)nccn23)cc1Br. The zero-order valence-electron chi connectivity index (χ0n) is 8.81. The zero-order chi connectivity index (χ0) is 12.7. The molecule has 0 radical (unpaired) electrons. The maximum absolute atomic E-state index is 13.2. The lowest BCUT2D eigenvalue weighted by molar-refractivity contribution is 0.621. The van der Waals surface area contributed by atoms with Gasteiger partial charge in [-0.3, -0.25) is 4.40 Å². The van der Waals surface area contributed by atoms with Crippen LogP contribution >= 0.6 is 27.5 Å². The number of nitrogens with zero attached hydrogens (tertiary/aromatic N) is 4. The molecule has 0 aliphatic carbocycles. The molecule has 2 heterocycles. The second kappa shape index (κ2) is 4.29. The van der Waals surface area contributed by atoms with Crippen LogP contribution in [-0.4, -0.2) is 19.6 Å². The Morgan fingerprint density at radius 3 is 2.89 bits per heavy atom. The van der Waals surface area contributed by atoms with Crippen LogP contribution in [0.2, 0.25) is 5.15 Å². The molecule has 0 aliphatic heterocycles. The van der Waals surface area contributed by atoms with Crippen molar-refractivity contribution in [2.24, 2.45) is 0 Å². The molecule has 3 rings (SSSR count). The monoisotopic (exact) mass is 326 g/mol. The molecule has 7 heteroatoms. The largest absolute Gasteiger partial charge is 0.278 e. The Kier molecular flexibility index (Phi) is 2.76. The maximum atomic E-state index is 13.2. The Morgan fingerprint density at radius 1 is 1.28 bits per heavy atom. The second-order valence-corrected chi connectivity index (χ2v) is 4.78. The smallest absolute Gasteiger partial charge is 0.198 e. The predicted molar refractivity (Wildman–Crippen MR) is 68.9 cm³/mol. The fourth-order valence-electron chi connectivity index (χ4n) is 1.63. The molecule has 0 aliphatic rings. The molecule has 0 spiro atoms. The average molecular weight is 328 g/mol. The molecule has 3 aromatic rings. The molecular weight excluding hydrogens is 323 g/mol. The third kappa shape index (κ3) is 1.77. The van der Waals surface area contributed by atoms with Crippen LogP contribution in [0, 0.1) is 5.82 Å². The third-order valence-corrected chi connectivity index (χ3v) is 3.34. The standard InChI is InChI=1S/C11H5BrClFN4/c12-7-5-6(1-2-8(7)14)10-16-17-11-9(13)15-3-4-18(10)11/h1-5H. The predicted octanol–water partition coefficient (Wildman–Crippen LogP) is 3.35.